The van der Waals surface area contributed by atoms with Crippen LogP contribution in [0.25, 0.3) is 11.5 Å². The summed E-state index contributed by atoms with van der Waals surface area (Å²) >= 11 is 1.36. The standard InChI is InChI=1S/C13H16N2O2S/c1-9-4-6-10(7-5-9)11-14-15-12(17-11)18-8-13(2,3)16/h4-7,16H,8H2,1-3H3. The Morgan fingerprint density at radius 3 is 2.50 bits per heavy atom. The molecule has 0 amide bonds. The van der Waals surface area contributed by atoms with E-state index in [9.17, 15) is 5.11 Å². The first-order valence-electron chi connectivity index (χ1n) is 5.70. The van der Waals surface area contributed by atoms with Gasteiger partial charge in [0.1, 0.15) is 0 Å². The molecule has 96 valence electrons. The summed E-state index contributed by atoms with van der Waals surface area (Å²) in [6, 6.07) is 7.91. The second-order valence-electron chi connectivity index (χ2n) is 4.84. The Labute approximate surface area is 110 Å². The molecular weight excluding hydrogens is 248 g/mol. The zero-order valence-electron chi connectivity index (χ0n) is 10.7. The minimum absolute atomic E-state index is 0.479. The van der Waals surface area contributed by atoms with Gasteiger partial charge in [0.05, 0.1) is 5.60 Å². The maximum Gasteiger partial charge on any atom is 0.276 e. The summed E-state index contributed by atoms with van der Waals surface area (Å²) < 4.78 is 5.53. The summed E-state index contributed by atoms with van der Waals surface area (Å²) in [6.45, 7) is 5.52. The maximum absolute atomic E-state index is 9.62. The van der Waals surface area contributed by atoms with E-state index in [0.29, 0.717) is 16.9 Å². The predicted molar refractivity (Wildman–Crippen MR) is 71.5 cm³/mol. The van der Waals surface area contributed by atoms with Crippen LogP contribution < -0.4 is 0 Å². The molecular formula is C13H16N2O2S. The van der Waals surface area contributed by atoms with Crippen LogP contribution in [0.5, 0.6) is 0 Å². The van der Waals surface area contributed by atoms with Crippen molar-refractivity contribution >= 4 is 11.8 Å². The fourth-order valence-corrected chi connectivity index (χ4v) is 2.03. The van der Waals surface area contributed by atoms with Crippen LogP contribution in [0.15, 0.2) is 33.9 Å². The lowest BCUT2D eigenvalue weighted by Gasteiger charge is -2.13. The highest BCUT2D eigenvalue weighted by atomic mass is 32.2. The maximum atomic E-state index is 9.62. The van der Waals surface area contributed by atoms with Crippen molar-refractivity contribution in [1.29, 1.82) is 0 Å². The summed E-state index contributed by atoms with van der Waals surface area (Å²) in [5.74, 6) is 1.02. The average molecular weight is 264 g/mol. The Morgan fingerprint density at radius 1 is 1.22 bits per heavy atom. The molecule has 2 rings (SSSR count). The van der Waals surface area contributed by atoms with E-state index in [-0.39, 0.29) is 0 Å². The number of aromatic nitrogens is 2. The van der Waals surface area contributed by atoms with E-state index in [2.05, 4.69) is 10.2 Å². The molecule has 0 atom stereocenters. The van der Waals surface area contributed by atoms with Gasteiger partial charge >= 0.3 is 0 Å². The van der Waals surface area contributed by atoms with Crippen LogP contribution >= 0.6 is 11.8 Å². The molecule has 0 aliphatic rings. The molecule has 0 radical (unpaired) electrons. The van der Waals surface area contributed by atoms with Gasteiger partial charge in [-0.1, -0.05) is 29.5 Å². The monoisotopic (exact) mass is 264 g/mol. The number of benzene rings is 1. The highest BCUT2D eigenvalue weighted by Crippen LogP contribution is 2.25. The molecule has 0 fully saturated rings. The molecule has 0 saturated heterocycles. The molecule has 5 heteroatoms. The van der Waals surface area contributed by atoms with Crippen LogP contribution in [0, 0.1) is 6.92 Å². The van der Waals surface area contributed by atoms with Gasteiger partial charge in [-0.2, -0.15) is 0 Å². The van der Waals surface area contributed by atoms with E-state index in [4.69, 9.17) is 4.42 Å². The summed E-state index contributed by atoms with van der Waals surface area (Å²) in [5.41, 5.74) is 1.35. The summed E-state index contributed by atoms with van der Waals surface area (Å²) in [6.07, 6.45) is 0. The minimum Gasteiger partial charge on any atom is -0.411 e. The third-order valence-electron chi connectivity index (χ3n) is 2.25. The lowest BCUT2D eigenvalue weighted by molar-refractivity contribution is 0.106. The SMILES string of the molecule is Cc1ccc(-c2nnc(SCC(C)(C)O)o2)cc1. The second-order valence-corrected chi connectivity index (χ2v) is 5.77. The first-order chi connectivity index (χ1) is 8.44. The van der Waals surface area contributed by atoms with Crippen LogP contribution in [0.3, 0.4) is 0 Å². The Balaban J connectivity index is 2.08. The molecule has 1 aromatic heterocycles. The van der Waals surface area contributed by atoms with Crippen molar-refractivity contribution in [2.45, 2.75) is 31.6 Å². The van der Waals surface area contributed by atoms with E-state index in [1.54, 1.807) is 13.8 Å². The minimum atomic E-state index is -0.747. The van der Waals surface area contributed by atoms with Gasteiger partial charge in [0, 0.05) is 11.3 Å². The largest absolute Gasteiger partial charge is 0.411 e. The first-order valence-corrected chi connectivity index (χ1v) is 6.68. The number of rotatable bonds is 4. The molecule has 18 heavy (non-hydrogen) atoms. The van der Waals surface area contributed by atoms with Crippen molar-refractivity contribution in [3.05, 3.63) is 29.8 Å². The van der Waals surface area contributed by atoms with Gasteiger partial charge < -0.3 is 9.52 Å². The van der Waals surface area contributed by atoms with Crippen LogP contribution in [0.4, 0.5) is 0 Å². The molecule has 0 aliphatic carbocycles. The van der Waals surface area contributed by atoms with Crippen LogP contribution in [-0.2, 0) is 0 Å². The molecule has 2 aromatic rings. The Kier molecular flexibility index (Phi) is 3.73. The first kappa shape index (κ1) is 13.1. The molecule has 0 bridgehead atoms. The average Bonchev–Trinajstić information content (AvgIpc) is 2.75. The number of nitrogens with zero attached hydrogens (tertiary/aromatic N) is 2. The number of aliphatic hydroxyl groups is 1. The molecule has 0 unspecified atom stereocenters. The summed E-state index contributed by atoms with van der Waals surface area (Å²) in [4.78, 5) is 0. The fourth-order valence-electron chi connectivity index (χ4n) is 1.32. The number of hydrogen-bond acceptors (Lipinski definition) is 5. The van der Waals surface area contributed by atoms with E-state index < -0.39 is 5.60 Å². The van der Waals surface area contributed by atoms with Crippen LogP contribution in [0.1, 0.15) is 19.4 Å². The van der Waals surface area contributed by atoms with E-state index in [1.807, 2.05) is 31.2 Å². The van der Waals surface area contributed by atoms with Crippen molar-refractivity contribution in [2.24, 2.45) is 0 Å². The number of hydrogen-bond donors (Lipinski definition) is 1. The van der Waals surface area contributed by atoms with Gasteiger partial charge in [-0.15, -0.1) is 10.2 Å². The van der Waals surface area contributed by atoms with E-state index in [1.165, 1.54) is 17.3 Å². The molecule has 1 heterocycles. The van der Waals surface area contributed by atoms with E-state index >= 15 is 0 Å². The van der Waals surface area contributed by atoms with Gasteiger partial charge in [0.25, 0.3) is 5.22 Å². The zero-order valence-corrected chi connectivity index (χ0v) is 11.5. The molecule has 4 nitrogen and oxygen atoms in total. The topological polar surface area (TPSA) is 59.2 Å². The highest BCUT2D eigenvalue weighted by Gasteiger charge is 2.16. The summed E-state index contributed by atoms with van der Waals surface area (Å²) in [7, 11) is 0. The van der Waals surface area contributed by atoms with Crippen molar-refractivity contribution in [3.8, 4) is 11.5 Å². The Morgan fingerprint density at radius 2 is 1.89 bits per heavy atom. The van der Waals surface area contributed by atoms with Crippen molar-refractivity contribution < 1.29 is 9.52 Å². The quantitative estimate of drug-likeness (QED) is 0.860. The lowest BCUT2D eigenvalue weighted by atomic mass is 10.1. The smallest absolute Gasteiger partial charge is 0.276 e. The van der Waals surface area contributed by atoms with Crippen molar-refractivity contribution in [2.75, 3.05) is 5.75 Å². The van der Waals surface area contributed by atoms with Gasteiger partial charge in [0.15, 0.2) is 0 Å². The van der Waals surface area contributed by atoms with Gasteiger partial charge in [0.2, 0.25) is 5.89 Å². The van der Waals surface area contributed by atoms with E-state index in [0.717, 1.165) is 5.56 Å². The van der Waals surface area contributed by atoms with Crippen LogP contribution in [-0.4, -0.2) is 26.7 Å². The zero-order chi connectivity index (χ0) is 13.2. The fraction of sp³-hybridized carbons (Fsp3) is 0.385. The predicted octanol–water partition coefficient (Wildman–Crippen LogP) is 2.91. The molecule has 0 spiro atoms. The Hall–Kier alpha value is -1.33. The Bertz CT molecular complexity index is 515. The van der Waals surface area contributed by atoms with Gasteiger partial charge in [-0.05, 0) is 32.9 Å². The van der Waals surface area contributed by atoms with Gasteiger partial charge in [-0.3, -0.25) is 0 Å². The molecule has 1 aromatic carbocycles. The van der Waals surface area contributed by atoms with Gasteiger partial charge in [-0.25, -0.2) is 0 Å². The number of aryl methyl sites for hydroxylation is 1. The van der Waals surface area contributed by atoms with Crippen molar-refractivity contribution in [3.63, 3.8) is 0 Å². The molecule has 0 saturated carbocycles. The van der Waals surface area contributed by atoms with Crippen molar-refractivity contribution in [1.82, 2.24) is 10.2 Å². The van der Waals surface area contributed by atoms with Crippen LogP contribution in [0.2, 0.25) is 0 Å². The highest BCUT2D eigenvalue weighted by molar-refractivity contribution is 7.99. The third-order valence-corrected chi connectivity index (χ3v) is 3.52. The summed E-state index contributed by atoms with van der Waals surface area (Å²) in [5, 5.41) is 18.1. The molecule has 0 aliphatic heterocycles. The lowest BCUT2D eigenvalue weighted by Crippen LogP contribution is -2.21. The number of thioether (sulfide) groups is 1. The normalized spacial score (nSPS) is 11.8. The second kappa shape index (κ2) is 5.12. The third kappa shape index (κ3) is 3.58. The molecule has 1 N–H and O–H groups in total.